The second-order valence-electron chi connectivity index (χ2n) is 5.53. The van der Waals surface area contributed by atoms with Gasteiger partial charge in [-0.1, -0.05) is 18.2 Å². The van der Waals surface area contributed by atoms with Crippen LogP contribution < -0.4 is 10.2 Å². The number of aromatic nitrogens is 3. The second-order valence-corrected chi connectivity index (χ2v) is 6.77. The van der Waals surface area contributed by atoms with E-state index in [1.165, 1.54) is 10.5 Å². The Morgan fingerprint density at radius 1 is 1.19 bits per heavy atom. The maximum Gasteiger partial charge on any atom is 0.244 e. The summed E-state index contributed by atoms with van der Waals surface area (Å²) in [6.45, 7) is 4.10. The lowest BCUT2D eigenvalue weighted by atomic mass is 10.1. The predicted molar refractivity (Wildman–Crippen MR) is 84.8 cm³/mol. The van der Waals surface area contributed by atoms with Crippen LogP contribution in [-0.4, -0.2) is 41.4 Å². The van der Waals surface area contributed by atoms with E-state index < -0.39 is 0 Å². The van der Waals surface area contributed by atoms with Gasteiger partial charge in [0.2, 0.25) is 5.95 Å². The standard InChI is InChI=1S/C15H19N5S/c1-2-5-12-11(4-1)10-13(21-12)14-17-15(19-18-14)20-8-3-6-16-7-9-20/h1-2,4-5,13,16H,3,6-10H2,(H,17,18,19). The lowest BCUT2D eigenvalue weighted by Crippen LogP contribution is -2.28. The zero-order valence-electron chi connectivity index (χ0n) is 11.9. The summed E-state index contributed by atoms with van der Waals surface area (Å²) in [7, 11) is 0. The van der Waals surface area contributed by atoms with Crippen molar-refractivity contribution >= 4 is 17.7 Å². The lowest BCUT2D eigenvalue weighted by Gasteiger charge is -2.17. The molecule has 1 aromatic heterocycles. The predicted octanol–water partition coefficient (Wildman–Crippen LogP) is 1.99. The van der Waals surface area contributed by atoms with Gasteiger partial charge in [0.25, 0.3) is 0 Å². The van der Waals surface area contributed by atoms with Crippen molar-refractivity contribution in [3.63, 3.8) is 0 Å². The van der Waals surface area contributed by atoms with Crippen LogP contribution in [0, 0.1) is 0 Å². The SMILES string of the molecule is c1ccc2c(c1)CC(c1nc(N3CCCNCC3)n[nH]1)S2. The van der Waals surface area contributed by atoms with Gasteiger partial charge in [0.1, 0.15) is 5.82 Å². The highest BCUT2D eigenvalue weighted by Crippen LogP contribution is 2.45. The Morgan fingerprint density at radius 2 is 2.14 bits per heavy atom. The Hall–Kier alpha value is -1.53. The normalized spacial score (nSPS) is 22.1. The summed E-state index contributed by atoms with van der Waals surface area (Å²) in [6.07, 6.45) is 2.19. The van der Waals surface area contributed by atoms with Crippen molar-refractivity contribution in [3.05, 3.63) is 35.7 Å². The number of hydrogen-bond donors (Lipinski definition) is 2. The van der Waals surface area contributed by atoms with E-state index in [1.807, 2.05) is 11.8 Å². The minimum absolute atomic E-state index is 0.369. The highest BCUT2D eigenvalue weighted by molar-refractivity contribution is 7.99. The molecule has 2 aromatic rings. The molecule has 1 fully saturated rings. The highest BCUT2D eigenvalue weighted by Gasteiger charge is 2.27. The van der Waals surface area contributed by atoms with Crippen molar-refractivity contribution in [1.29, 1.82) is 0 Å². The van der Waals surface area contributed by atoms with Gasteiger partial charge in [0.15, 0.2) is 0 Å². The first kappa shape index (κ1) is 13.2. The molecule has 0 bridgehead atoms. The number of nitrogens with zero attached hydrogens (tertiary/aromatic N) is 3. The van der Waals surface area contributed by atoms with Gasteiger partial charge in [-0.3, -0.25) is 5.10 Å². The van der Waals surface area contributed by atoms with E-state index in [1.54, 1.807) is 0 Å². The van der Waals surface area contributed by atoms with Crippen molar-refractivity contribution in [1.82, 2.24) is 20.5 Å². The molecule has 1 saturated heterocycles. The fourth-order valence-electron chi connectivity index (χ4n) is 2.93. The number of H-pyrrole nitrogens is 1. The molecule has 6 heteroatoms. The first-order valence-corrected chi connectivity index (χ1v) is 8.40. The molecular formula is C15H19N5S. The first-order valence-electron chi connectivity index (χ1n) is 7.53. The fraction of sp³-hybridized carbons (Fsp3) is 0.467. The summed E-state index contributed by atoms with van der Waals surface area (Å²) in [5.74, 6) is 1.86. The average Bonchev–Trinajstić information content (AvgIpc) is 3.07. The minimum atomic E-state index is 0.369. The number of anilines is 1. The number of fused-ring (bicyclic) bond motifs is 1. The number of benzene rings is 1. The Balaban J connectivity index is 1.50. The molecule has 1 aromatic carbocycles. The maximum atomic E-state index is 4.75. The van der Waals surface area contributed by atoms with Crippen molar-refractivity contribution in [2.75, 3.05) is 31.1 Å². The molecule has 0 amide bonds. The van der Waals surface area contributed by atoms with E-state index >= 15 is 0 Å². The molecule has 0 radical (unpaired) electrons. The Labute approximate surface area is 128 Å². The van der Waals surface area contributed by atoms with Crippen LogP contribution in [0.25, 0.3) is 0 Å². The number of hydrogen-bond acceptors (Lipinski definition) is 5. The molecule has 1 unspecified atom stereocenters. The van der Waals surface area contributed by atoms with Gasteiger partial charge in [0.05, 0.1) is 5.25 Å². The number of rotatable bonds is 2. The van der Waals surface area contributed by atoms with E-state index in [9.17, 15) is 0 Å². The van der Waals surface area contributed by atoms with Gasteiger partial charge in [0, 0.05) is 24.5 Å². The third kappa shape index (κ3) is 2.65. The molecule has 3 heterocycles. The van der Waals surface area contributed by atoms with Crippen LogP contribution in [0.4, 0.5) is 5.95 Å². The zero-order valence-corrected chi connectivity index (χ0v) is 12.7. The molecule has 5 nitrogen and oxygen atoms in total. The van der Waals surface area contributed by atoms with Gasteiger partial charge >= 0.3 is 0 Å². The number of nitrogens with one attached hydrogen (secondary N) is 2. The summed E-state index contributed by atoms with van der Waals surface area (Å²) in [6, 6.07) is 8.61. The lowest BCUT2D eigenvalue weighted by molar-refractivity contribution is 0.724. The third-order valence-electron chi connectivity index (χ3n) is 4.07. The Morgan fingerprint density at radius 3 is 3.10 bits per heavy atom. The van der Waals surface area contributed by atoms with E-state index in [-0.39, 0.29) is 0 Å². The number of thioether (sulfide) groups is 1. The third-order valence-corrected chi connectivity index (χ3v) is 5.39. The smallest absolute Gasteiger partial charge is 0.244 e. The summed E-state index contributed by atoms with van der Waals surface area (Å²) in [5.41, 5.74) is 1.42. The topological polar surface area (TPSA) is 56.8 Å². The molecule has 2 aliphatic rings. The maximum absolute atomic E-state index is 4.75. The second kappa shape index (κ2) is 5.69. The van der Waals surface area contributed by atoms with E-state index in [4.69, 9.17) is 4.98 Å². The van der Waals surface area contributed by atoms with Crippen molar-refractivity contribution in [3.8, 4) is 0 Å². The molecule has 2 aliphatic heterocycles. The molecule has 0 aliphatic carbocycles. The van der Waals surface area contributed by atoms with E-state index in [2.05, 4.69) is 44.7 Å². The average molecular weight is 301 g/mol. The van der Waals surface area contributed by atoms with E-state index in [0.29, 0.717) is 5.25 Å². The molecular weight excluding hydrogens is 282 g/mol. The quantitative estimate of drug-likeness (QED) is 0.888. The van der Waals surface area contributed by atoms with Crippen molar-refractivity contribution < 1.29 is 0 Å². The summed E-state index contributed by atoms with van der Waals surface area (Å²) in [4.78, 5) is 8.40. The van der Waals surface area contributed by atoms with Crippen molar-refractivity contribution in [2.24, 2.45) is 0 Å². The highest BCUT2D eigenvalue weighted by atomic mass is 32.2. The van der Waals surface area contributed by atoms with Crippen LogP contribution in [0.5, 0.6) is 0 Å². The van der Waals surface area contributed by atoms with Crippen LogP contribution >= 0.6 is 11.8 Å². The van der Waals surface area contributed by atoms with Gasteiger partial charge in [-0.15, -0.1) is 16.9 Å². The summed E-state index contributed by atoms with van der Waals surface area (Å²) < 4.78 is 0. The zero-order chi connectivity index (χ0) is 14.1. The van der Waals surface area contributed by atoms with Crippen LogP contribution in [-0.2, 0) is 6.42 Å². The Bertz CT molecular complexity index is 593. The van der Waals surface area contributed by atoms with Crippen LogP contribution in [0.2, 0.25) is 0 Å². The van der Waals surface area contributed by atoms with Crippen molar-refractivity contribution in [2.45, 2.75) is 23.0 Å². The fourth-order valence-corrected chi connectivity index (χ4v) is 4.18. The minimum Gasteiger partial charge on any atom is -0.338 e. The molecule has 21 heavy (non-hydrogen) atoms. The molecule has 0 saturated carbocycles. The largest absolute Gasteiger partial charge is 0.338 e. The Kier molecular flexibility index (Phi) is 3.57. The van der Waals surface area contributed by atoms with Crippen LogP contribution in [0.3, 0.4) is 0 Å². The van der Waals surface area contributed by atoms with Crippen LogP contribution in [0.1, 0.15) is 23.1 Å². The van der Waals surface area contributed by atoms with Crippen LogP contribution in [0.15, 0.2) is 29.2 Å². The monoisotopic (exact) mass is 301 g/mol. The van der Waals surface area contributed by atoms with Gasteiger partial charge in [-0.05, 0) is 31.0 Å². The molecule has 110 valence electrons. The number of aromatic amines is 1. The van der Waals surface area contributed by atoms with Gasteiger partial charge in [-0.25, -0.2) is 0 Å². The van der Waals surface area contributed by atoms with Gasteiger partial charge < -0.3 is 10.2 Å². The first-order chi connectivity index (χ1) is 10.4. The molecule has 2 N–H and O–H groups in total. The summed E-state index contributed by atoms with van der Waals surface area (Å²) >= 11 is 1.89. The van der Waals surface area contributed by atoms with E-state index in [0.717, 1.165) is 50.8 Å². The molecule has 4 rings (SSSR count). The molecule has 0 spiro atoms. The summed E-state index contributed by atoms with van der Waals surface area (Å²) in [5, 5.41) is 11.4. The molecule has 1 atom stereocenters. The van der Waals surface area contributed by atoms with Gasteiger partial charge in [-0.2, -0.15) is 4.98 Å².